The van der Waals surface area contributed by atoms with E-state index < -0.39 is 5.60 Å². The highest BCUT2D eigenvalue weighted by molar-refractivity contribution is 5.67. The highest BCUT2D eigenvalue weighted by Gasteiger charge is 2.15. The maximum atomic E-state index is 11.4. The van der Waals surface area contributed by atoms with Gasteiger partial charge >= 0.3 is 6.09 Å². The van der Waals surface area contributed by atoms with Gasteiger partial charge in [0.25, 0.3) is 0 Å². The van der Waals surface area contributed by atoms with Crippen LogP contribution in [0.3, 0.4) is 0 Å². The molecule has 1 amide bonds. The molecule has 0 aromatic rings. The van der Waals surface area contributed by atoms with Crippen molar-refractivity contribution in [1.82, 2.24) is 10.2 Å². The molecule has 0 aliphatic heterocycles. The molecule has 0 unspecified atom stereocenters. The second-order valence-electron chi connectivity index (χ2n) is 5.92. The second-order valence-corrected chi connectivity index (χ2v) is 5.92. The fourth-order valence-electron chi connectivity index (χ4n) is 1.38. The number of amides is 1. The summed E-state index contributed by atoms with van der Waals surface area (Å²) in [6.07, 6.45) is 4.35. The molecular formula is C15H29N3O2. The van der Waals surface area contributed by atoms with Gasteiger partial charge in [0.15, 0.2) is 0 Å². The lowest BCUT2D eigenvalue weighted by Gasteiger charge is -2.21. The van der Waals surface area contributed by atoms with Crippen molar-refractivity contribution >= 4 is 6.09 Å². The average molecular weight is 283 g/mol. The molecule has 0 saturated heterocycles. The third-order valence-corrected chi connectivity index (χ3v) is 2.53. The van der Waals surface area contributed by atoms with Crippen molar-refractivity contribution in [2.75, 3.05) is 20.1 Å². The number of allylic oxidation sites excluding steroid dienone is 4. The van der Waals surface area contributed by atoms with Crippen molar-refractivity contribution in [2.24, 2.45) is 5.73 Å². The number of carbonyl (C=O) groups is 1. The number of nitrogens with zero attached hydrogens (tertiary/aromatic N) is 1. The SMILES string of the molecule is C/C(N)=C/C=C(\C)N(C)CCCNC(=O)OC(C)(C)C. The molecule has 0 saturated carbocycles. The van der Waals surface area contributed by atoms with Crippen LogP contribution in [0.2, 0.25) is 0 Å². The minimum Gasteiger partial charge on any atom is -0.444 e. The first kappa shape index (κ1) is 18.4. The van der Waals surface area contributed by atoms with Crippen LogP contribution in [0.1, 0.15) is 41.0 Å². The fourth-order valence-corrected chi connectivity index (χ4v) is 1.38. The Balaban J connectivity index is 3.93. The van der Waals surface area contributed by atoms with Gasteiger partial charge in [0.1, 0.15) is 5.60 Å². The van der Waals surface area contributed by atoms with Crippen molar-refractivity contribution in [2.45, 2.75) is 46.6 Å². The number of ether oxygens (including phenoxy) is 1. The Morgan fingerprint density at radius 3 is 2.40 bits per heavy atom. The number of nitrogens with two attached hydrogens (primary N) is 1. The first-order valence-electron chi connectivity index (χ1n) is 6.90. The van der Waals surface area contributed by atoms with E-state index in [2.05, 4.69) is 10.2 Å². The summed E-state index contributed by atoms with van der Waals surface area (Å²) in [5.41, 5.74) is 7.04. The number of hydrogen-bond acceptors (Lipinski definition) is 4. The third kappa shape index (κ3) is 10.3. The van der Waals surface area contributed by atoms with Crippen LogP contribution in [0.15, 0.2) is 23.5 Å². The molecule has 5 nitrogen and oxygen atoms in total. The summed E-state index contributed by atoms with van der Waals surface area (Å²) in [5, 5.41) is 2.74. The highest BCUT2D eigenvalue weighted by atomic mass is 16.6. The van der Waals surface area contributed by atoms with E-state index in [4.69, 9.17) is 10.5 Å². The van der Waals surface area contributed by atoms with E-state index >= 15 is 0 Å². The maximum absolute atomic E-state index is 11.4. The van der Waals surface area contributed by atoms with Gasteiger partial charge < -0.3 is 20.7 Å². The number of carbonyl (C=O) groups excluding carboxylic acids is 1. The lowest BCUT2D eigenvalue weighted by molar-refractivity contribution is 0.0526. The molecule has 0 aliphatic carbocycles. The molecule has 5 heteroatoms. The van der Waals surface area contributed by atoms with Gasteiger partial charge in [-0.3, -0.25) is 0 Å². The quantitative estimate of drug-likeness (QED) is 0.581. The number of rotatable bonds is 6. The molecule has 3 N–H and O–H groups in total. The van der Waals surface area contributed by atoms with Gasteiger partial charge in [0.2, 0.25) is 0 Å². The molecule has 0 bridgehead atoms. The molecule has 0 aromatic heterocycles. The standard InChI is InChI=1S/C15H29N3O2/c1-12(16)8-9-13(2)18(6)11-7-10-17-14(19)20-15(3,4)5/h8-9H,7,10-11,16H2,1-6H3,(H,17,19)/b12-8-,13-9+. The summed E-state index contributed by atoms with van der Waals surface area (Å²) in [5.74, 6) is 0. The van der Waals surface area contributed by atoms with E-state index in [1.807, 2.05) is 53.8 Å². The first-order valence-corrected chi connectivity index (χ1v) is 6.90. The summed E-state index contributed by atoms with van der Waals surface area (Å²) in [7, 11) is 2.01. The molecule has 0 rings (SSSR count). The Morgan fingerprint density at radius 1 is 1.30 bits per heavy atom. The van der Waals surface area contributed by atoms with E-state index in [1.54, 1.807) is 0 Å². The molecular weight excluding hydrogens is 254 g/mol. The predicted molar refractivity (Wildman–Crippen MR) is 83.2 cm³/mol. The summed E-state index contributed by atoms with van der Waals surface area (Å²) < 4.78 is 5.16. The van der Waals surface area contributed by atoms with Gasteiger partial charge in [-0.15, -0.1) is 0 Å². The van der Waals surface area contributed by atoms with Gasteiger partial charge in [-0.1, -0.05) is 0 Å². The Hall–Kier alpha value is -1.65. The second kappa shape index (κ2) is 8.51. The van der Waals surface area contributed by atoms with Crippen LogP contribution < -0.4 is 11.1 Å². The van der Waals surface area contributed by atoms with Crippen molar-refractivity contribution in [3.8, 4) is 0 Å². The Morgan fingerprint density at radius 2 is 1.90 bits per heavy atom. The topological polar surface area (TPSA) is 67.6 Å². The van der Waals surface area contributed by atoms with Crippen molar-refractivity contribution in [3.05, 3.63) is 23.5 Å². The minimum atomic E-state index is -0.452. The average Bonchev–Trinajstić information content (AvgIpc) is 2.28. The van der Waals surface area contributed by atoms with Gasteiger partial charge in [-0.05, 0) is 53.2 Å². The van der Waals surface area contributed by atoms with Crippen LogP contribution in [0.25, 0.3) is 0 Å². The summed E-state index contributed by atoms with van der Waals surface area (Å²) >= 11 is 0. The number of nitrogens with one attached hydrogen (secondary N) is 1. The first-order chi connectivity index (χ1) is 9.11. The number of hydrogen-bond donors (Lipinski definition) is 2. The molecule has 0 radical (unpaired) electrons. The molecule has 116 valence electrons. The zero-order valence-electron chi connectivity index (χ0n) is 13.6. The molecule has 0 fully saturated rings. The zero-order chi connectivity index (χ0) is 15.8. The van der Waals surface area contributed by atoms with E-state index in [-0.39, 0.29) is 6.09 Å². The highest BCUT2D eigenvalue weighted by Crippen LogP contribution is 2.06. The molecule has 0 aliphatic rings. The van der Waals surface area contributed by atoms with Crippen LogP contribution in [0, 0.1) is 0 Å². The van der Waals surface area contributed by atoms with Gasteiger partial charge in [0, 0.05) is 31.5 Å². The third-order valence-electron chi connectivity index (χ3n) is 2.53. The molecule has 0 atom stereocenters. The molecule has 0 spiro atoms. The Labute approximate surface area is 122 Å². The van der Waals surface area contributed by atoms with E-state index in [1.165, 1.54) is 0 Å². The van der Waals surface area contributed by atoms with Crippen molar-refractivity contribution in [3.63, 3.8) is 0 Å². The lowest BCUT2D eigenvalue weighted by atomic mass is 10.2. The van der Waals surface area contributed by atoms with Crippen LogP contribution >= 0.6 is 0 Å². The maximum Gasteiger partial charge on any atom is 0.407 e. The summed E-state index contributed by atoms with van der Waals surface area (Å²) in [4.78, 5) is 13.6. The minimum absolute atomic E-state index is 0.367. The van der Waals surface area contributed by atoms with Crippen molar-refractivity contribution < 1.29 is 9.53 Å². The van der Waals surface area contributed by atoms with Gasteiger partial charge in [0.05, 0.1) is 0 Å². The van der Waals surface area contributed by atoms with Crippen LogP contribution in [-0.2, 0) is 4.74 Å². The van der Waals surface area contributed by atoms with Crippen LogP contribution in [-0.4, -0.2) is 36.7 Å². The van der Waals surface area contributed by atoms with Gasteiger partial charge in [-0.2, -0.15) is 0 Å². The molecule has 0 heterocycles. The lowest BCUT2D eigenvalue weighted by Crippen LogP contribution is -2.34. The summed E-state index contributed by atoms with van der Waals surface area (Å²) in [6, 6.07) is 0. The van der Waals surface area contributed by atoms with E-state index in [0.717, 1.165) is 24.4 Å². The Kier molecular flexibility index (Phi) is 7.80. The molecule has 0 aromatic carbocycles. The van der Waals surface area contributed by atoms with Crippen molar-refractivity contribution in [1.29, 1.82) is 0 Å². The zero-order valence-corrected chi connectivity index (χ0v) is 13.6. The van der Waals surface area contributed by atoms with E-state index in [0.29, 0.717) is 6.54 Å². The van der Waals surface area contributed by atoms with Crippen LogP contribution in [0.5, 0.6) is 0 Å². The monoisotopic (exact) mass is 283 g/mol. The Bertz CT molecular complexity index is 364. The smallest absolute Gasteiger partial charge is 0.407 e. The van der Waals surface area contributed by atoms with Gasteiger partial charge in [-0.25, -0.2) is 4.79 Å². The number of alkyl carbamates (subject to hydrolysis) is 1. The van der Waals surface area contributed by atoms with Crippen LogP contribution in [0.4, 0.5) is 4.79 Å². The normalized spacial score (nSPS) is 13.1. The van der Waals surface area contributed by atoms with E-state index in [9.17, 15) is 4.79 Å². The molecule has 20 heavy (non-hydrogen) atoms. The largest absolute Gasteiger partial charge is 0.444 e. The fraction of sp³-hybridized carbons (Fsp3) is 0.667. The summed E-state index contributed by atoms with van der Waals surface area (Å²) in [6.45, 7) is 10.9. The predicted octanol–water partition coefficient (Wildman–Crippen LogP) is 2.60.